The molecule has 16 nitrogen and oxygen atoms in total. The zero-order chi connectivity index (χ0) is 42.2. The van der Waals surface area contributed by atoms with E-state index in [1.807, 2.05) is 0 Å². The molecule has 0 bridgehead atoms. The Morgan fingerprint density at radius 3 is 0.526 bits per heavy atom. The Balaban J connectivity index is 2.43. The molecule has 0 saturated carbocycles. The van der Waals surface area contributed by atoms with E-state index < -0.39 is 54.0 Å². The molecule has 0 aromatic heterocycles. The van der Waals surface area contributed by atoms with Crippen molar-refractivity contribution in [1.29, 1.82) is 0 Å². The number of methoxy groups -OCH3 is 12. The van der Waals surface area contributed by atoms with Crippen LogP contribution in [0.5, 0.6) is 69.0 Å². The first-order chi connectivity index (χ1) is 27.4. The van der Waals surface area contributed by atoms with Crippen molar-refractivity contribution in [3.63, 3.8) is 0 Å². The molecule has 4 rings (SSSR count). The normalized spacial score (nSPS) is 10.7. The summed E-state index contributed by atoms with van der Waals surface area (Å²) in [6, 6.07) is 10.8. The Labute approximate surface area is 332 Å². The van der Waals surface area contributed by atoms with Crippen LogP contribution in [0.4, 0.5) is 0 Å². The van der Waals surface area contributed by atoms with E-state index in [4.69, 9.17) is 56.8 Å². The zero-order valence-corrected chi connectivity index (χ0v) is 35.7. The van der Waals surface area contributed by atoms with E-state index in [1.54, 1.807) is 0 Å². The molecule has 0 fully saturated rings. The Morgan fingerprint density at radius 1 is 0.281 bits per heavy atom. The van der Waals surface area contributed by atoms with Crippen molar-refractivity contribution >= 4 is 31.7 Å². The van der Waals surface area contributed by atoms with Gasteiger partial charge in [-0.3, -0.25) is 0 Å². The van der Waals surface area contributed by atoms with E-state index in [1.165, 1.54) is 134 Å². The Morgan fingerprint density at radius 2 is 0.421 bits per heavy atom. The van der Waals surface area contributed by atoms with Gasteiger partial charge in [-0.2, -0.15) is 0 Å². The molecule has 17 heteroatoms. The molecule has 0 aliphatic carbocycles. The molecule has 304 valence electrons. The summed E-state index contributed by atoms with van der Waals surface area (Å²) in [5.74, 6) is -0.708. The summed E-state index contributed by atoms with van der Waals surface area (Å²) >= 11 is -6.90. The molecule has 0 spiro atoms. The third-order valence-corrected chi connectivity index (χ3v) is 16.9. The molecular weight excluding hydrogens is 809 g/mol. The second kappa shape index (κ2) is 18.6. The monoisotopic (exact) mass is 854 g/mol. The van der Waals surface area contributed by atoms with E-state index >= 15 is 19.2 Å². The van der Waals surface area contributed by atoms with Crippen LogP contribution >= 0.6 is 0 Å². The molecule has 0 saturated heterocycles. The van der Waals surface area contributed by atoms with Crippen molar-refractivity contribution < 1.29 is 76.0 Å². The Bertz CT molecular complexity index is 1770. The predicted molar refractivity (Wildman–Crippen MR) is 207 cm³/mol. The fraction of sp³-hybridized carbons (Fsp3) is 0.300. The zero-order valence-electron chi connectivity index (χ0n) is 33.7. The standard InChI is InChI=1S/C40H44GeO16/c1-46-21-13-25(50-5)33(26(14-21)51-6)37(42)41(38(43)34-27(52-7)15-22(47-2)16-28(34)53-8,39(44)35-29(54-9)17-23(48-3)18-30(35)55-10)40(45)36-31(56-11)19-24(49-4)20-32(36)57-12/h13-20H,1-12H3. The molecule has 0 aliphatic heterocycles. The fourth-order valence-electron chi connectivity index (χ4n) is 6.29. The van der Waals surface area contributed by atoms with Gasteiger partial charge in [0.05, 0.1) is 0 Å². The fourth-order valence-corrected chi connectivity index (χ4v) is 14.1. The topological polar surface area (TPSA) is 179 Å². The molecule has 0 unspecified atom stereocenters. The number of hydrogen-bond acceptors (Lipinski definition) is 16. The first kappa shape index (κ1) is 43.4. The van der Waals surface area contributed by atoms with Gasteiger partial charge in [-0.1, -0.05) is 0 Å². The molecule has 4 aromatic rings. The SMILES string of the molecule is COc1cc(OC)c([C](=O)[Ge]([C](=O)c2c(OC)cc(OC)cc2OC)([C](=O)c2c(OC)cc(OC)cc2OC)[C](=O)c2c(OC)cc(OC)cc2OC)c(OC)c1. The second-order valence-electron chi connectivity index (χ2n) is 11.7. The van der Waals surface area contributed by atoms with E-state index in [-0.39, 0.29) is 69.0 Å². The molecule has 0 atom stereocenters. The van der Waals surface area contributed by atoms with Crippen molar-refractivity contribution in [3.8, 4) is 69.0 Å². The summed E-state index contributed by atoms with van der Waals surface area (Å²) < 4.78 is 62.2. The van der Waals surface area contributed by atoms with Crippen LogP contribution < -0.4 is 56.8 Å². The van der Waals surface area contributed by atoms with Gasteiger partial charge < -0.3 is 0 Å². The molecular formula is C40H44GeO16. The first-order valence-corrected chi connectivity index (χ1v) is 21.0. The molecule has 0 aliphatic rings. The molecule has 57 heavy (non-hydrogen) atoms. The van der Waals surface area contributed by atoms with Crippen molar-refractivity contribution in [3.05, 3.63) is 70.8 Å². The quantitative estimate of drug-likeness (QED) is 0.106. The Kier molecular flexibility index (Phi) is 14.1. The van der Waals surface area contributed by atoms with Crippen LogP contribution in [0.3, 0.4) is 0 Å². The minimum atomic E-state index is -6.90. The third kappa shape index (κ3) is 7.64. The van der Waals surface area contributed by atoms with Gasteiger partial charge in [-0.05, 0) is 0 Å². The van der Waals surface area contributed by atoms with E-state index in [9.17, 15) is 0 Å². The number of hydrogen-bond donors (Lipinski definition) is 0. The van der Waals surface area contributed by atoms with Crippen LogP contribution in [0, 0.1) is 0 Å². The molecule has 0 N–H and O–H groups in total. The van der Waals surface area contributed by atoms with Crippen LogP contribution in [-0.4, -0.2) is 117 Å². The molecule has 4 aromatic carbocycles. The molecule has 0 heterocycles. The first-order valence-electron chi connectivity index (χ1n) is 16.8. The predicted octanol–water partition coefficient (Wildman–Crippen LogP) is 5.23. The van der Waals surface area contributed by atoms with Crippen LogP contribution in [0.1, 0.15) is 41.4 Å². The summed E-state index contributed by atoms with van der Waals surface area (Å²) in [5, 5.41) is 0. The number of carbonyl (C=O) groups is 4. The van der Waals surface area contributed by atoms with Gasteiger partial charge in [-0.25, -0.2) is 0 Å². The third-order valence-electron chi connectivity index (χ3n) is 9.13. The van der Waals surface area contributed by atoms with Crippen molar-refractivity contribution in [2.45, 2.75) is 0 Å². The van der Waals surface area contributed by atoms with Crippen molar-refractivity contribution in [2.75, 3.05) is 85.3 Å². The summed E-state index contributed by atoms with van der Waals surface area (Å²) in [7, 11) is 15.5. The maximum absolute atomic E-state index is 16.1. The van der Waals surface area contributed by atoms with E-state index in [0.717, 1.165) is 0 Å². The van der Waals surface area contributed by atoms with Crippen LogP contribution in [-0.2, 0) is 0 Å². The number of ether oxygens (including phenoxy) is 12. The Hall–Kier alpha value is -6.30. The van der Waals surface area contributed by atoms with Gasteiger partial charge in [0.25, 0.3) is 0 Å². The van der Waals surface area contributed by atoms with E-state index in [2.05, 4.69) is 0 Å². The van der Waals surface area contributed by atoms with Crippen LogP contribution in [0.25, 0.3) is 0 Å². The van der Waals surface area contributed by atoms with Gasteiger partial charge in [0.1, 0.15) is 0 Å². The molecule has 0 radical (unpaired) electrons. The summed E-state index contributed by atoms with van der Waals surface area (Å²) in [6.07, 6.45) is 0. The van der Waals surface area contributed by atoms with Gasteiger partial charge in [0.2, 0.25) is 0 Å². The maximum atomic E-state index is 16.1. The minimum absolute atomic E-state index is 0.185. The van der Waals surface area contributed by atoms with Gasteiger partial charge in [0.15, 0.2) is 0 Å². The summed E-state index contributed by atoms with van der Waals surface area (Å²) in [5.41, 5.74) is -1.67. The number of rotatable bonds is 20. The second-order valence-corrected chi connectivity index (χ2v) is 18.7. The average Bonchev–Trinajstić information content (AvgIpc) is 3.26. The summed E-state index contributed by atoms with van der Waals surface area (Å²) in [6.45, 7) is 0. The van der Waals surface area contributed by atoms with Crippen molar-refractivity contribution in [1.82, 2.24) is 0 Å². The van der Waals surface area contributed by atoms with Crippen molar-refractivity contribution in [2.24, 2.45) is 0 Å². The van der Waals surface area contributed by atoms with Crippen LogP contribution in [0.2, 0.25) is 0 Å². The van der Waals surface area contributed by atoms with E-state index in [0.29, 0.717) is 0 Å². The summed E-state index contributed by atoms with van der Waals surface area (Å²) in [4.78, 5) is 64.6. The molecule has 0 amide bonds. The average molecular weight is 853 g/mol. The van der Waals surface area contributed by atoms with Gasteiger partial charge in [-0.15, -0.1) is 0 Å². The number of carbonyl (C=O) groups excluding carboxylic acids is 4. The number of benzene rings is 4. The van der Waals surface area contributed by atoms with Crippen LogP contribution in [0.15, 0.2) is 48.5 Å². The van der Waals surface area contributed by atoms with Gasteiger partial charge in [0, 0.05) is 0 Å². The van der Waals surface area contributed by atoms with Gasteiger partial charge >= 0.3 is 333 Å².